The van der Waals surface area contributed by atoms with Crippen molar-refractivity contribution in [2.24, 2.45) is 0 Å². The Labute approximate surface area is 156 Å². The molecule has 4 nitrogen and oxygen atoms in total. The van der Waals surface area contributed by atoms with Gasteiger partial charge in [-0.15, -0.1) is 0 Å². The van der Waals surface area contributed by atoms with Gasteiger partial charge in [-0.3, -0.25) is 9.69 Å². The summed E-state index contributed by atoms with van der Waals surface area (Å²) in [5.74, 6) is 0.120. The number of rotatable bonds is 4. The van der Waals surface area contributed by atoms with E-state index in [0.29, 0.717) is 6.04 Å². The van der Waals surface area contributed by atoms with Crippen molar-refractivity contribution in [3.05, 3.63) is 34.9 Å². The van der Waals surface area contributed by atoms with Crippen molar-refractivity contribution in [1.82, 2.24) is 15.1 Å². The van der Waals surface area contributed by atoms with Crippen molar-refractivity contribution in [3.8, 4) is 0 Å². The Morgan fingerprint density at radius 3 is 2.42 bits per heavy atom. The fourth-order valence-corrected chi connectivity index (χ4v) is 5.27. The first-order valence-electron chi connectivity index (χ1n) is 10.7. The van der Waals surface area contributed by atoms with Crippen molar-refractivity contribution < 1.29 is 4.79 Å². The smallest absolute Gasteiger partial charge is 0.251 e. The third kappa shape index (κ3) is 3.41. The molecule has 2 aliphatic carbocycles. The second-order valence-corrected chi connectivity index (χ2v) is 8.79. The zero-order valence-electron chi connectivity index (χ0n) is 15.8. The molecule has 1 N–H and O–H groups in total. The standard InChI is InChI=1S/C22H31N3O/c26-22(18-5-4-16-2-1-3-17(16)14-18)23-19-8-11-25(15-19)21-9-12-24(13-10-21)20-6-7-20/h4-5,14,19-21H,1-3,6-13,15H2,(H,23,26)/t19-/m0/s1. The Morgan fingerprint density at radius 2 is 1.62 bits per heavy atom. The average Bonchev–Trinajstić information content (AvgIpc) is 3.23. The summed E-state index contributed by atoms with van der Waals surface area (Å²) in [6.07, 6.45) is 10.1. The number of hydrogen-bond acceptors (Lipinski definition) is 3. The molecule has 0 spiro atoms. The molecule has 1 saturated carbocycles. The molecule has 1 aromatic rings. The average molecular weight is 354 g/mol. The van der Waals surface area contributed by atoms with Gasteiger partial charge in [0.25, 0.3) is 5.91 Å². The first kappa shape index (κ1) is 16.8. The lowest BCUT2D eigenvalue weighted by Gasteiger charge is -2.36. The lowest BCUT2D eigenvalue weighted by molar-refractivity contribution is 0.0928. The van der Waals surface area contributed by atoms with Gasteiger partial charge in [0.05, 0.1) is 0 Å². The number of fused-ring (bicyclic) bond motifs is 1. The van der Waals surface area contributed by atoms with E-state index in [9.17, 15) is 4.79 Å². The van der Waals surface area contributed by atoms with Gasteiger partial charge in [-0.05, 0) is 87.7 Å². The molecule has 1 aromatic carbocycles. The summed E-state index contributed by atoms with van der Waals surface area (Å²) in [7, 11) is 0. The highest BCUT2D eigenvalue weighted by molar-refractivity contribution is 5.94. The van der Waals surface area contributed by atoms with Gasteiger partial charge in [0.2, 0.25) is 0 Å². The topological polar surface area (TPSA) is 35.6 Å². The summed E-state index contributed by atoms with van der Waals surface area (Å²) in [6, 6.07) is 8.25. The first-order chi connectivity index (χ1) is 12.8. The fourth-order valence-electron chi connectivity index (χ4n) is 5.27. The molecule has 2 aliphatic heterocycles. The fraction of sp³-hybridized carbons (Fsp3) is 0.682. The van der Waals surface area contributed by atoms with Crippen LogP contribution in [0.5, 0.6) is 0 Å². The molecule has 2 heterocycles. The van der Waals surface area contributed by atoms with E-state index in [0.717, 1.165) is 43.6 Å². The maximum Gasteiger partial charge on any atom is 0.251 e. The van der Waals surface area contributed by atoms with Crippen LogP contribution in [0.3, 0.4) is 0 Å². The van der Waals surface area contributed by atoms with Gasteiger partial charge in [0.15, 0.2) is 0 Å². The highest BCUT2D eigenvalue weighted by Crippen LogP contribution is 2.31. The SMILES string of the molecule is O=C(N[C@H]1CCN(C2CCN(C3CC3)CC2)C1)c1ccc2c(c1)CCC2. The Hall–Kier alpha value is -1.39. The number of benzene rings is 1. The van der Waals surface area contributed by atoms with E-state index in [-0.39, 0.29) is 5.91 Å². The summed E-state index contributed by atoms with van der Waals surface area (Å²) in [5, 5.41) is 3.30. The first-order valence-corrected chi connectivity index (χ1v) is 10.7. The van der Waals surface area contributed by atoms with E-state index in [1.165, 1.54) is 62.7 Å². The van der Waals surface area contributed by atoms with E-state index < -0.39 is 0 Å². The minimum Gasteiger partial charge on any atom is -0.348 e. The second kappa shape index (κ2) is 6.97. The maximum absolute atomic E-state index is 12.7. The van der Waals surface area contributed by atoms with E-state index in [2.05, 4.69) is 27.2 Å². The molecule has 1 atom stereocenters. The summed E-state index contributed by atoms with van der Waals surface area (Å²) in [5.41, 5.74) is 3.67. The third-order valence-electron chi connectivity index (χ3n) is 6.99. The summed E-state index contributed by atoms with van der Waals surface area (Å²) in [6.45, 7) is 4.73. The molecule has 4 aliphatic rings. The predicted octanol–water partition coefficient (Wildman–Crippen LogP) is 2.61. The summed E-state index contributed by atoms with van der Waals surface area (Å²) in [4.78, 5) is 18.0. The number of amides is 1. The molecule has 0 aromatic heterocycles. The summed E-state index contributed by atoms with van der Waals surface area (Å²) < 4.78 is 0. The molecule has 2 saturated heterocycles. The Balaban J connectivity index is 1.13. The molecule has 5 rings (SSSR count). The Kier molecular flexibility index (Phi) is 4.49. The molecule has 0 radical (unpaired) electrons. The largest absolute Gasteiger partial charge is 0.348 e. The van der Waals surface area contributed by atoms with Crippen LogP contribution >= 0.6 is 0 Å². The normalized spacial score (nSPS) is 27.6. The van der Waals surface area contributed by atoms with Gasteiger partial charge in [-0.2, -0.15) is 0 Å². The van der Waals surface area contributed by atoms with Crippen molar-refractivity contribution >= 4 is 5.91 Å². The molecular weight excluding hydrogens is 322 g/mol. The Bertz CT molecular complexity index is 676. The number of nitrogens with one attached hydrogen (secondary N) is 1. The van der Waals surface area contributed by atoms with E-state index in [4.69, 9.17) is 0 Å². The Morgan fingerprint density at radius 1 is 0.885 bits per heavy atom. The molecule has 1 amide bonds. The lowest BCUT2D eigenvalue weighted by atomic mass is 10.0. The van der Waals surface area contributed by atoms with Gasteiger partial charge >= 0.3 is 0 Å². The minimum absolute atomic E-state index is 0.120. The number of likely N-dealkylation sites (tertiary alicyclic amines) is 2. The zero-order valence-corrected chi connectivity index (χ0v) is 15.8. The van der Waals surface area contributed by atoms with Crippen LogP contribution in [0.15, 0.2) is 18.2 Å². The van der Waals surface area contributed by atoms with Crippen LogP contribution in [0, 0.1) is 0 Å². The van der Waals surface area contributed by atoms with Crippen LogP contribution < -0.4 is 5.32 Å². The molecule has 3 fully saturated rings. The third-order valence-corrected chi connectivity index (χ3v) is 6.99. The molecule has 4 heteroatoms. The molecule has 0 unspecified atom stereocenters. The monoisotopic (exact) mass is 353 g/mol. The van der Waals surface area contributed by atoms with Crippen molar-refractivity contribution in [3.63, 3.8) is 0 Å². The highest BCUT2D eigenvalue weighted by atomic mass is 16.1. The minimum atomic E-state index is 0.120. The van der Waals surface area contributed by atoms with Gasteiger partial charge in [-0.1, -0.05) is 6.07 Å². The molecule has 140 valence electrons. The van der Waals surface area contributed by atoms with Crippen LogP contribution in [0.25, 0.3) is 0 Å². The van der Waals surface area contributed by atoms with Gasteiger partial charge in [0.1, 0.15) is 0 Å². The van der Waals surface area contributed by atoms with E-state index in [1.807, 2.05) is 6.07 Å². The molecular formula is C22H31N3O. The zero-order chi connectivity index (χ0) is 17.5. The van der Waals surface area contributed by atoms with E-state index >= 15 is 0 Å². The molecule has 0 bridgehead atoms. The quantitative estimate of drug-likeness (QED) is 0.904. The van der Waals surface area contributed by atoms with Crippen LogP contribution in [0.1, 0.15) is 60.0 Å². The lowest BCUT2D eigenvalue weighted by Crippen LogP contribution is -2.46. The van der Waals surface area contributed by atoms with E-state index in [1.54, 1.807) is 0 Å². The van der Waals surface area contributed by atoms with Crippen LogP contribution in [0.4, 0.5) is 0 Å². The van der Waals surface area contributed by atoms with Crippen LogP contribution in [-0.2, 0) is 12.8 Å². The van der Waals surface area contributed by atoms with Gasteiger partial charge in [0, 0.05) is 36.8 Å². The van der Waals surface area contributed by atoms with Crippen molar-refractivity contribution in [2.75, 3.05) is 26.2 Å². The van der Waals surface area contributed by atoms with Gasteiger partial charge < -0.3 is 10.2 Å². The predicted molar refractivity (Wildman–Crippen MR) is 104 cm³/mol. The van der Waals surface area contributed by atoms with Crippen LogP contribution in [-0.4, -0.2) is 60.0 Å². The number of aryl methyl sites for hydroxylation is 2. The van der Waals surface area contributed by atoms with Crippen molar-refractivity contribution in [1.29, 1.82) is 0 Å². The summed E-state index contributed by atoms with van der Waals surface area (Å²) >= 11 is 0. The highest BCUT2D eigenvalue weighted by Gasteiger charge is 2.35. The maximum atomic E-state index is 12.7. The number of piperidine rings is 1. The van der Waals surface area contributed by atoms with Crippen molar-refractivity contribution in [2.45, 2.75) is 69.5 Å². The number of nitrogens with zero attached hydrogens (tertiary/aromatic N) is 2. The molecule has 26 heavy (non-hydrogen) atoms. The van der Waals surface area contributed by atoms with Crippen LogP contribution in [0.2, 0.25) is 0 Å². The number of carbonyl (C=O) groups excluding carboxylic acids is 1. The number of carbonyl (C=O) groups is 1. The number of hydrogen-bond donors (Lipinski definition) is 1. The second-order valence-electron chi connectivity index (χ2n) is 8.79. The van der Waals surface area contributed by atoms with Gasteiger partial charge in [-0.25, -0.2) is 0 Å².